The van der Waals surface area contributed by atoms with Crippen molar-refractivity contribution in [3.63, 3.8) is 0 Å². The third-order valence-corrected chi connectivity index (χ3v) is 3.83. The Kier molecular flexibility index (Phi) is 5.40. The summed E-state index contributed by atoms with van der Waals surface area (Å²) in [5.41, 5.74) is 3.77. The summed E-state index contributed by atoms with van der Waals surface area (Å²) in [5.74, 6) is 1.89. The summed E-state index contributed by atoms with van der Waals surface area (Å²) >= 11 is 0. The standard InChI is InChI=1S/C18H29N3/c1-6-15-7-8-17-16(11-15)20-18(21(17)14(4)5)9-10-19-12-13(2)3/h7-8,11,13-14,19H,6,9-10,12H2,1-5H3. The number of rotatable bonds is 7. The van der Waals surface area contributed by atoms with Crippen molar-refractivity contribution in [3.8, 4) is 0 Å². The summed E-state index contributed by atoms with van der Waals surface area (Å²) in [6.07, 6.45) is 2.05. The van der Waals surface area contributed by atoms with E-state index in [1.165, 1.54) is 16.9 Å². The lowest BCUT2D eigenvalue weighted by Gasteiger charge is -2.14. The van der Waals surface area contributed by atoms with Gasteiger partial charge in [-0.15, -0.1) is 0 Å². The van der Waals surface area contributed by atoms with Crippen LogP contribution < -0.4 is 5.32 Å². The second-order valence-electron chi connectivity index (χ2n) is 6.52. The van der Waals surface area contributed by atoms with E-state index < -0.39 is 0 Å². The van der Waals surface area contributed by atoms with Crippen LogP contribution in [0.3, 0.4) is 0 Å². The van der Waals surface area contributed by atoms with Crippen molar-refractivity contribution in [1.82, 2.24) is 14.9 Å². The van der Waals surface area contributed by atoms with Crippen LogP contribution in [0.5, 0.6) is 0 Å². The number of nitrogens with zero attached hydrogens (tertiary/aromatic N) is 2. The number of hydrogen-bond donors (Lipinski definition) is 1. The number of aromatic nitrogens is 2. The lowest BCUT2D eigenvalue weighted by atomic mass is 10.1. The molecule has 1 N–H and O–H groups in total. The highest BCUT2D eigenvalue weighted by molar-refractivity contribution is 5.77. The van der Waals surface area contributed by atoms with Gasteiger partial charge in [0.25, 0.3) is 0 Å². The van der Waals surface area contributed by atoms with Gasteiger partial charge in [-0.25, -0.2) is 4.98 Å². The van der Waals surface area contributed by atoms with Gasteiger partial charge in [-0.2, -0.15) is 0 Å². The largest absolute Gasteiger partial charge is 0.325 e. The van der Waals surface area contributed by atoms with Crippen molar-refractivity contribution in [1.29, 1.82) is 0 Å². The van der Waals surface area contributed by atoms with E-state index in [9.17, 15) is 0 Å². The highest BCUT2D eigenvalue weighted by atomic mass is 15.1. The van der Waals surface area contributed by atoms with Crippen LogP contribution in [0.15, 0.2) is 18.2 Å². The molecule has 1 aromatic heterocycles. The van der Waals surface area contributed by atoms with Gasteiger partial charge in [0.1, 0.15) is 5.82 Å². The molecule has 2 rings (SSSR count). The Morgan fingerprint density at radius 3 is 2.57 bits per heavy atom. The Labute approximate surface area is 128 Å². The molecule has 3 heteroatoms. The minimum atomic E-state index is 0.447. The molecule has 0 amide bonds. The molecule has 0 spiro atoms. The molecule has 0 bridgehead atoms. The van der Waals surface area contributed by atoms with E-state index in [0.29, 0.717) is 12.0 Å². The number of nitrogens with one attached hydrogen (secondary N) is 1. The third kappa shape index (κ3) is 3.85. The first kappa shape index (κ1) is 16.0. The predicted molar refractivity (Wildman–Crippen MR) is 90.9 cm³/mol. The van der Waals surface area contributed by atoms with Crippen molar-refractivity contribution in [2.24, 2.45) is 5.92 Å². The van der Waals surface area contributed by atoms with Gasteiger partial charge in [0.05, 0.1) is 11.0 Å². The number of aryl methyl sites for hydroxylation is 1. The summed E-state index contributed by atoms with van der Waals surface area (Å²) in [5, 5.41) is 3.51. The second kappa shape index (κ2) is 7.08. The molecule has 21 heavy (non-hydrogen) atoms. The van der Waals surface area contributed by atoms with E-state index in [1.807, 2.05) is 0 Å². The molecule has 116 valence electrons. The van der Waals surface area contributed by atoms with Gasteiger partial charge in [-0.3, -0.25) is 0 Å². The van der Waals surface area contributed by atoms with E-state index in [2.05, 4.69) is 62.7 Å². The second-order valence-corrected chi connectivity index (χ2v) is 6.52. The van der Waals surface area contributed by atoms with Crippen molar-refractivity contribution >= 4 is 11.0 Å². The van der Waals surface area contributed by atoms with Gasteiger partial charge in [-0.05, 0) is 50.4 Å². The molecular formula is C18H29N3. The van der Waals surface area contributed by atoms with Crippen LogP contribution in [0, 0.1) is 5.92 Å². The maximum atomic E-state index is 4.88. The summed E-state index contributed by atoms with van der Waals surface area (Å²) in [6.45, 7) is 13.2. The molecule has 0 atom stereocenters. The molecule has 0 aliphatic heterocycles. The molecule has 2 aromatic rings. The average molecular weight is 287 g/mol. The van der Waals surface area contributed by atoms with Crippen molar-refractivity contribution in [2.75, 3.05) is 13.1 Å². The van der Waals surface area contributed by atoms with Crippen molar-refractivity contribution in [3.05, 3.63) is 29.6 Å². The normalized spacial score (nSPS) is 12.0. The smallest absolute Gasteiger partial charge is 0.111 e. The van der Waals surface area contributed by atoms with Crippen LogP contribution in [0.4, 0.5) is 0 Å². The maximum absolute atomic E-state index is 4.88. The predicted octanol–water partition coefficient (Wildman–Crippen LogP) is 3.97. The van der Waals surface area contributed by atoms with E-state index >= 15 is 0 Å². The Bertz CT molecular complexity index is 581. The molecule has 0 aliphatic rings. The van der Waals surface area contributed by atoms with E-state index in [1.54, 1.807) is 0 Å². The molecule has 1 heterocycles. The van der Waals surface area contributed by atoms with Gasteiger partial charge < -0.3 is 9.88 Å². The van der Waals surface area contributed by atoms with Crippen molar-refractivity contribution in [2.45, 2.75) is 53.5 Å². The average Bonchev–Trinajstić information content (AvgIpc) is 2.80. The van der Waals surface area contributed by atoms with Crippen LogP contribution in [0.25, 0.3) is 11.0 Å². The molecule has 0 saturated heterocycles. The van der Waals surface area contributed by atoms with Gasteiger partial charge in [-0.1, -0.05) is 26.8 Å². The number of hydrogen-bond acceptors (Lipinski definition) is 2. The quantitative estimate of drug-likeness (QED) is 0.781. The first-order valence-electron chi connectivity index (χ1n) is 8.23. The molecule has 0 unspecified atom stereocenters. The zero-order valence-corrected chi connectivity index (χ0v) is 14.1. The summed E-state index contributed by atoms with van der Waals surface area (Å²) < 4.78 is 2.38. The van der Waals surface area contributed by atoms with Gasteiger partial charge in [0.15, 0.2) is 0 Å². The summed E-state index contributed by atoms with van der Waals surface area (Å²) in [6, 6.07) is 7.14. The molecule has 0 saturated carbocycles. The number of fused-ring (bicyclic) bond motifs is 1. The van der Waals surface area contributed by atoms with Crippen LogP contribution in [-0.4, -0.2) is 22.6 Å². The van der Waals surface area contributed by atoms with Gasteiger partial charge >= 0.3 is 0 Å². The third-order valence-electron chi connectivity index (χ3n) is 3.83. The summed E-state index contributed by atoms with van der Waals surface area (Å²) in [4.78, 5) is 4.88. The molecule has 3 nitrogen and oxygen atoms in total. The lowest BCUT2D eigenvalue weighted by molar-refractivity contribution is 0.532. The van der Waals surface area contributed by atoms with Crippen LogP contribution in [-0.2, 0) is 12.8 Å². The monoisotopic (exact) mass is 287 g/mol. The Hall–Kier alpha value is -1.35. The molecule has 1 aromatic carbocycles. The Balaban J connectivity index is 2.22. The Morgan fingerprint density at radius 2 is 1.95 bits per heavy atom. The fraction of sp³-hybridized carbons (Fsp3) is 0.611. The number of benzene rings is 1. The maximum Gasteiger partial charge on any atom is 0.111 e. The SMILES string of the molecule is CCc1ccc2c(c1)nc(CCNCC(C)C)n2C(C)C. The summed E-state index contributed by atoms with van der Waals surface area (Å²) in [7, 11) is 0. The van der Waals surface area contributed by atoms with E-state index in [0.717, 1.165) is 31.4 Å². The molecule has 0 fully saturated rings. The fourth-order valence-corrected chi connectivity index (χ4v) is 2.76. The van der Waals surface area contributed by atoms with Crippen molar-refractivity contribution < 1.29 is 0 Å². The molecule has 0 radical (unpaired) electrons. The van der Waals surface area contributed by atoms with Crippen LogP contribution in [0.2, 0.25) is 0 Å². The lowest BCUT2D eigenvalue weighted by Crippen LogP contribution is -2.23. The minimum absolute atomic E-state index is 0.447. The Morgan fingerprint density at radius 1 is 1.19 bits per heavy atom. The topological polar surface area (TPSA) is 29.9 Å². The fourth-order valence-electron chi connectivity index (χ4n) is 2.76. The van der Waals surface area contributed by atoms with Gasteiger partial charge in [0, 0.05) is 19.0 Å². The highest BCUT2D eigenvalue weighted by Gasteiger charge is 2.13. The molecular weight excluding hydrogens is 258 g/mol. The van der Waals surface area contributed by atoms with E-state index in [4.69, 9.17) is 4.98 Å². The highest BCUT2D eigenvalue weighted by Crippen LogP contribution is 2.22. The number of imidazole rings is 1. The van der Waals surface area contributed by atoms with Gasteiger partial charge in [0.2, 0.25) is 0 Å². The first-order chi connectivity index (χ1) is 10.0. The zero-order valence-electron chi connectivity index (χ0n) is 14.1. The van der Waals surface area contributed by atoms with Crippen LogP contribution in [0.1, 0.15) is 52.0 Å². The minimum Gasteiger partial charge on any atom is -0.325 e. The van der Waals surface area contributed by atoms with E-state index in [-0.39, 0.29) is 0 Å². The zero-order chi connectivity index (χ0) is 15.4. The first-order valence-corrected chi connectivity index (χ1v) is 8.23. The van der Waals surface area contributed by atoms with Crippen LogP contribution >= 0.6 is 0 Å². The molecule has 0 aliphatic carbocycles.